The second kappa shape index (κ2) is 9.62. The molecule has 2 atom stereocenters. The molecule has 4 amide bonds. The summed E-state index contributed by atoms with van der Waals surface area (Å²) in [4.78, 5) is 42.7. The standard InChI is InChI=1S/C23H28FN5O4/c1-3-5-19-22(31)27(13-18-6-4-11-33-18)14-20-28(19)21(30)15-26(2)29(20)23(32)25-12-16-7-9-17(24)10-8-16/h4,6-11,19-20H,3,5,12-15H2,1-2H3,(H,25,32)/t19-,20?/m0/s1. The molecule has 1 aromatic heterocycles. The van der Waals surface area contributed by atoms with Crippen LogP contribution in [0.25, 0.3) is 0 Å². The first kappa shape index (κ1) is 22.8. The van der Waals surface area contributed by atoms with E-state index in [1.807, 2.05) is 6.92 Å². The van der Waals surface area contributed by atoms with Gasteiger partial charge in [-0.05, 0) is 36.2 Å². The highest BCUT2D eigenvalue weighted by Crippen LogP contribution is 2.28. The molecule has 2 aliphatic rings. The number of likely N-dealkylation sites (N-methyl/N-ethyl adjacent to an activating group) is 1. The summed E-state index contributed by atoms with van der Waals surface area (Å²) in [7, 11) is 1.68. The third-order valence-corrected chi connectivity index (χ3v) is 5.99. The van der Waals surface area contributed by atoms with E-state index in [1.165, 1.54) is 17.1 Å². The van der Waals surface area contributed by atoms with Gasteiger partial charge in [0.2, 0.25) is 11.8 Å². The molecule has 0 bridgehead atoms. The van der Waals surface area contributed by atoms with Crippen molar-refractivity contribution in [2.24, 2.45) is 0 Å². The van der Waals surface area contributed by atoms with Crippen molar-refractivity contribution in [2.75, 3.05) is 20.1 Å². The highest BCUT2D eigenvalue weighted by atomic mass is 19.1. The van der Waals surface area contributed by atoms with Gasteiger partial charge in [-0.3, -0.25) is 9.59 Å². The van der Waals surface area contributed by atoms with Crippen molar-refractivity contribution in [3.8, 4) is 0 Å². The predicted molar refractivity (Wildman–Crippen MR) is 117 cm³/mol. The van der Waals surface area contributed by atoms with Gasteiger partial charge >= 0.3 is 6.03 Å². The number of amides is 4. The quantitative estimate of drug-likeness (QED) is 0.718. The summed E-state index contributed by atoms with van der Waals surface area (Å²) >= 11 is 0. The van der Waals surface area contributed by atoms with Crippen LogP contribution in [0.4, 0.5) is 9.18 Å². The summed E-state index contributed by atoms with van der Waals surface area (Å²) in [5, 5.41) is 5.92. The zero-order chi connectivity index (χ0) is 23.5. The van der Waals surface area contributed by atoms with Crippen molar-refractivity contribution < 1.29 is 23.2 Å². The van der Waals surface area contributed by atoms with Gasteiger partial charge in [-0.25, -0.2) is 19.2 Å². The second-order valence-electron chi connectivity index (χ2n) is 8.33. The van der Waals surface area contributed by atoms with E-state index in [4.69, 9.17) is 4.42 Å². The van der Waals surface area contributed by atoms with Crippen LogP contribution in [0.3, 0.4) is 0 Å². The highest BCUT2D eigenvalue weighted by molar-refractivity contribution is 5.91. The highest BCUT2D eigenvalue weighted by Gasteiger charge is 2.50. The molecule has 176 valence electrons. The van der Waals surface area contributed by atoms with E-state index in [1.54, 1.807) is 52.4 Å². The minimum Gasteiger partial charge on any atom is -0.467 e. The molecule has 2 aromatic rings. The summed E-state index contributed by atoms with van der Waals surface area (Å²) in [5.74, 6) is -0.0426. The number of carbonyl (C=O) groups excluding carboxylic acids is 3. The van der Waals surface area contributed by atoms with E-state index >= 15 is 0 Å². The Kier molecular flexibility index (Phi) is 6.64. The number of benzene rings is 1. The number of nitrogens with one attached hydrogen (secondary N) is 1. The molecule has 1 aromatic carbocycles. The molecule has 1 unspecified atom stereocenters. The van der Waals surface area contributed by atoms with E-state index in [2.05, 4.69) is 5.32 Å². The fraction of sp³-hybridized carbons (Fsp3) is 0.435. The molecule has 9 nitrogen and oxygen atoms in total. The van der Waals surface area contributed by atoms with Crippen molar-refractivity contribution in [1.29, 1.82) is 0 Å². The summed E-state index contributed by atoms with van der Waals surface area (Å²) in [6.07, 6.45) is 2.12. The van der Waals surface area contributed by atoms with Gasteiger partial charge in [0.15, 0.2) is 0 Å². The maximum Gasteiger partial charge on any atom is 0.334 e. The molecule has 0 saturated carbocycles. The number of piperazine rings is 1. The molecule has 10 heteroatoms. The number of nitrogens with zero attached hydrogens (tertiary/aromatic N) is 4. The van der Waals surface area contributed by atoms with Gasteiger partial charge in [0.25, 0.3) is 0 Å². The second-order valence-corrected chi connectivity index (χ2v) is 8.33. The number of halogens is 1. The minimum atomic E-state index is -0.645. The Morgan fingerprint density at radius 1 is 1.21 bits per heavy atom. The monoisotopic (exact) mass is 457 g/mol. The number of carbonyl (C=O) groups is 3. The van der Waals surface area contributed by atoms with Crippen LogP contribution in [-0.2, 0) is 22.7 Å². The third-order valence-electron chi connectivity index (χ3n) is 5.99. The molecule has 0 spiro atoms. The number of rotatable bonds is 6. The van der Waals surface area contributed by atoms with Crippen LogP contribution < -0.4 is 5.32 Å². The van der Waals surface area contributed by atoms with Gasteiger partial charge in [-0.2, -0.15) is 0 Å². The first-order valence-electron chi connectivity index (χ1n) is 11.0. The maximum atomic E-state index is 13.3. The average Bonchev–Trinajstić information content (AvgIpc) is 3.29. The van der Waals surface area contributed by atoms with Gasteiger partial charge in [0.05, 0.1) is 25.9 Å². The Morgan fingerprint density at radius 3 is 2.64 bits per heavy atom. The van der Waals surface area contributed by atoms with Crippen LogP contribution >= 0.6 is 0 Å². The van der Waals surface area contributed by atoms with Gasteiger partial charge < -0.3 is 19.5 Å². The van der Waals surface area contributed by atoms with Crippen molar-refractivity contribution >= 4 is 17.8 Å². The Bertz CT molecular complexity index is 997. The number of furan rings is 1. The van der Waals surface area contributed by atoms with E-state index in [0.717, 1.165) is 5.56 Å². The molecule has 1 N–H and O–H groups in total. The van der Waals surface area contributed by atoms with Crippen LogP contribution in [0, 0.1) is 5.82 Å². The van der Waals surface area contributed by atoms with E-state index in [9.17, 15) is 18.8 Å². The topological polar surface area (TPSA) is 89.3 Å². The number of hydrazine groups is 1. The first-order chi connectivity index (χ1) is 15.9. The summed E-state index contributed by atoms with van der Waals surface area (Å²) < 4.78 is 18.6. The SMILES string of the molecule is CCC[C@H]1C(=O)N(Cc2ccco2)CC2N1C(=O)CN(C)N2C(=O)NCc1ccc(F)cc1. The normalized spacial score (nSPS) is 21.4. The van der Waals surface area contributed by atoms with Crippen LogP contribution in [0.2, 0.25) is 0 Å². The Balaban J connectivity index is 1.57. The summed E-state index contributed by atoms with van der Waals surface area (Å²) in [6, 6.07) is 8.39. The van der Waals surface area contributed by atoms with Gasteiger partial charge in [0.1, 0.15) is 23.8 Å². The van der Waals surface area contributed by atoms with Gasteiger partial charge in [-0.1, -0.05) is 25.5 Å². The Hall–Kier alpha value is -3.40. The zero-order valence-corrected chi connectivity index (χ0v) is 18.7. The summed E-state index contributed by atoms with van der Waals surface area (Å²) in [5.41, 5.74) is 0.750. The van der Waals surface area contributed by atoms with Gasteiger partial charge in [-0.15, -0.1) is 0 Å². The van der Waals surface area contributed by atoms with E-state index in [-0.39, 0.29) is 43.8 Å². The van der Waals surface area contributed by atoms with Crippen molar-refractivity contribution in [1.82, 2.24) is 25.1 Å². The molecule has 2 saturated heterocycles. The number of fused-ring (bicyclic) bond motifs is 1. The van der Waals surface area contributed by atoms with E-state index in [0.29, 0.717) is 18.6 Å². The maximum absolute atomic E-state index is 13.3. The molecule has 4 rings (SSSR count). The first-order valence-corrected chi connectivity index (χ1v) is 11.0. The van der Waals surface area contributed by atoms with Crippen LogP contribution in [0.15, 0.2) is 47.1 Å². The van der Waals surface area contributed by atoms with Gasteiger partial charge in [0, 0.05) is 13.6 Å². The third kappa shape index (κ3) is 4.70. The lowest BCUT2D eigenvalue weighted by atomic mass is 10.0. The molecule has 2 aliphatic heterocycles. The molecule has 33 heavy (non-hydrogen) atoms. The van der Waals surface area contributed by atoms with Crippen LogP contribution in [-0.4, -0.2) is 70.0 Å². The van der Waals surface area contributed by atoms with Crippen molar-refractivity contribution in [2.45, 2.75) is 45.1 Å². The minimum absolute atomic E-state index is 0.00779. The molecular weight excluding hydrogens is 429 g/mol. The molecular formula is C23H28FN5O4. The van der Waals surface area contributed by atoms with E-state index < -0.39 is 18.2 Å². The number of urea groups is 1. The number of hydrogen-bond acceptors (Lipinski definition) is 5. The fourth-order valence-corrected chi connectivity index (χ4v) is 4.45. The lowest BCUT2D eigenvalue weighted by molar-refractivity contribution is -0.188. The molecule has 0 radical (unpaired) electrons. The lowest BCUT2D eigenvalue weighted by Gasteiger charge is -2.54. The van der Waals surface area contributed by atoms with Crippen molar-refractivity contribution in [3.63, 3.8) is 0 Å². The van der Waals surface area contributed by atoms with Crippen molar-refractivity contribution in [3.05, 3.63) is 59.8 Å². The molecule has 2 fully saturated rings. The lowest BCUT2D eigenvalue weighted by Crippen LogP contribution is -2.75. The van der Waals surface area contributed by atoms with Crippen LogP contribution in [0.5, 0.6) is 0 Å². The molecule has 0 aliphatic carbocycles. The largest absolute Gasteiger partial charge is 0.467 e. The average molecular weight is 458 g/mol. The smallest absolute Gasteiger partial charge is 0.334 e. The van der Waals surface area contributed by atoms with Crippen LogP contribution in [0.1, 0.15) is 31.1 Å². The number of hydrogen-bond donors (Lipinski definition) is 1. The predicted octanol–water partition coefficient (Wildman–Crippen LogP) is 2.16. The zero-order valence-electron chi connectivity index (χ0n) is 18.7. The fourth-order valence-electron chi connectivity index (χ4n) is 4.45. The molecule has 3 heterocycles. The summed E-state index contributed by atoms with van der Waals surface area (Å²) in [6.45, 7) is 2.59. The Labute approximate surface area is 191 Å². The Morgan fingerprint density at radius 2 is 1.97 bits per heavy atom.